The maximum atomic E-state index is 13.3. The van der Waals surface area contributed by atoms with E-state index >= 15 is 0 Å². The Morgan fingerprint density at radius 2 is 1.57 bits per heavy atom. The molecule has 5 rings (SSSR count). The van der Waals surface area contributed by atoms with Crippen molar-refractivity contribution in [3.63, 3.8) is 0 Å². The predicted octanol–water partition coefficient (Wildman–Crippen LogP) is 3.36. The zero-order valence-corrected chi connectivity index (χ0v) is 20.7. The van der Waals surface area contributed by atoms with Crippen LogP contribution in [0.3, 0.4) is 0 Å². The minimum atomic E-state index is -0.593. The molecule has 1 aliphatic rings. The number of nitrogens with one attached hydrogen (secondary N) is 1. The molecule has 1 fully saturated rings. The lowest BCUT2D eigenvalue weighted by atomic mass is 10.2. The number of hydrogen-bond donors (Lipinski definition) is 1. The highest BCUT2D eigenvalue weighted by atomic mass is 32.2. The van der Waals surface area contributed by atoms with Gasteiger partial charge < -0.3 is 9.80 Å². The fraction of sp³-hybridized carbons (Fsp3) is 0.185. The third-order valence-electron chi connectivity index (χ3n) is 6.14. The number of carbonyl (C=O) groups excluding carboxylic acids is 2. The highest BCUT2D eigenvalue weighted by Crippen LogP contribution is 2.20. The van der Waals surface area contributed by atoms with Gasteiger partial charge in [-0.25, -0.2) is 9.37 Å². The van der Waals surface area contributed by atoms with Gasteiger partial charge in [-0.1, -0.05) is 42.1 Å². The van der Waals surface area contributed by atoms with Gasteiger partial charge in [-0.2, -0.15) is 4.68 Å². The van der Waals surface area contributed by atoms with Crippen LogP contribution in [-0.2, 0) is 4.79 Å². The Balaban J connectivity index is 1.31. The Labute approximate surface area is 216 Å². The fourth-order valence-electron chi connectivity index (χ4n) is 4.15. The average molecular weight is 518 g/mol. The van der Waals surface area contributed by atoms with Gasteiger partial charge in [0.2, 0.25) is 5.91 Å². The summed E-state index contributed by atoms with van der Waals surface area (Å²) in [4.78, 5) is 47.6. The molecule has 1 saturated heterocycles. The van der Waals surface area contributed by atoms with Crippen molar-refractivity contribution < 1.29 is 14.0 Å². The summed E-state index contributed by atoms with van der Waals surface area (Å²) in [6, 6.07) is 21.9. The molecule has 1 N–H and O–H groups in total. The van der Waals surface area contributed by atoms with Crippen LogP contribution in [0.1, 0.15) is 10.4 Å². The van der Waals surface area contributed by atoms with E-state index in [0.29, 0.717) is 24.0 Å². The van der Waals surface area contributed by atoms with E-state index in [2.05, 4.69) is 27.4 Å². The number of para-hydroxylation sites is 2. The van der Waals surface area contributed by atoms with Crippen LogP contribution in [0, 0.1) is 5.82 Å². The third kappa shape index (κ3) is 5.49. The number of piperazine rings is 1. The lowest BCUT2D eigenvalue weighted by Crippen LogP contribution is -2.49. The van der Waals surface area contributed by atoms with Gasteiger partial charge in [-0.15, -0.1) is 0 Å². The molecule has 188 valence electrons. The van der Waals surface area contributed by atoms with Crippen LogP contribution in [-0.4, -0.2) is 58.3 Å². The second kappa shape index (κ2) is 10.8. The fourth-order valence-corrected chi connectivity index (χ4v) is 5.00. The van der Waals surface area contributed by atoms with Gasteiger partial charge in [-0.3, -0.25) is 19.8 Å². The number of benzene rings is 3. The maximum absolute atomic E-state index is 13.3. The van der Waals surface area contributed by atoms with Crippen molar-refractivity contribution >= 4 is 40.2 Å². The van der Waals surface area contributed by atoms with Crippen LogP contribution in [0.25, 0.3) is 10.9 Å². The zero-order chi connectivity index (χ0) is 25.8. The highest BCUT2D eigenvalue weighted by molar-refractivity contribution is 7.99. The van der Waals surface area contributed by atoms with Gasteiger partial charge in [0, 0.05) is 37.4 Å². The number of halogens is 1. The Hall–Kier alpha value is -4.18. The predicted molar refractivity (Wildman–Crippen MR) is 142 cm³/mol. The van der Waals surface area contributed by atoms with E-state index in [9.17, 15) is 18.8 Å². The van der Waals surface area contributed by atoms with Crippen molar-refractivity contribution in [3.05, 3.63) is 101 Å². The number of carbonyl (C=O) groups is 2. The largest absolute Gasteiger partial charge is 0.368 e. The van der Waals surface area contributed by atoms with Crippen molar-refractivity contribution in [1.82, 2.24) is 14.6 Å². The number of anilines is 1. The van der Waals surface area contributed by atoms with E-state index in [1.54, 1.807) is 29.2 Å². The first-order chi connectivity index (χ1) is 18.0. The summed E-state index contributed by atoms with van der Waals surface area (Å²) in [5.74, 6) is -1.08. The highest BCUT2D eigenvalue weighted by Gasteiger charge is 2.23. The molecule has 3 aromatic carbocycles. The van der Waals surface area contributed by atoms with Crippen molar-refractivity contribution in [2.45, 2.75) is 5.16 Å². The molecule has 8 nitrogen and oxygen atoms in total. The van der Waals surface area contributed by atoms with Crippen LogP contribution >= 0.6 is 11.8 Å². The number of rotatable bonds is 6. The first-order valence-corrected chi connectivity index (χ1v) is 12.8. The molecule has 1 aliphatic heterocycles. The first kappa shape index (κ1) is 24.5. The molecular weight excluding hydrogens is 493 g/mol. The topological polar surface area (TPSA) is 87.5 Å². The van der Waals surface area contributed by atoms with Gasteiger partial charge in [-0.05, 0) is 48.5 Å². The van der Waals surface area contributed by atoms with E-state index in [-0.39, 0.29) is 22.4 Å². The van der Waals surface area contributed by atoms with E-state index in [1.165, 1.54) is 24.3 Å². The van der Waals surface area contributed by atoms with Crippen LogP contribution in [0.2, 0.25) is 0 Å². The minimum absolute atomic E-state index is 0.0581. The summed E-state index contributed by atoms with van der Waals surface area (Å²) >= 11 is 1.09. The maximum Gasteiger partial charge on any atom is 0.281 e. The molecule has 2 amide bonds. The van der Waals surface area contributed by atoms with Crippen LogP contribution in [0.15, 0.2) is 88.8 Å². The first-order valence-electron chi connectivity index (χ1n) is 11.8. The third-order valence-corrected chi connectivity index (χ3v) is 7.07. The summed E-state index contributed by atoms with van der Waals surface area (Å²) in [5, 5.41) is 0.519. The second-order valence-corrected chi connectivity index (χ2v) is 9.43. The Morgan fingerprint density at radius 3 is 2.30 bits per heavy atom. The number of amides is 2. The SMILES string of the molecule is O=C(Nn1c(SCC(=O)N2CCN(c3ccccc3)CC2)nc2ccccc2c1=O)c1ccc(F)cc1. The van der Waals surface area contributed by atoms with Gasteiger partial charge in [0.05, 0.1) is 16.7 Å². The smallest absolute Gasteiger partial charge is 0.281 e. The summed E-state index contributed by atoms with van der Waals surface area (Å²) in [5.41, 5.74) is 3.88. The number of aromatic nitrogens is 2. The quantitative estimate of drug-likeness (QED) is 0.312. The minimum Gasteiger partial charge on any atom is -0.368 e. The molecule has 37 heavy (non-hydrogen) atoms. The monoisotopic (exact) mass is 517 g/mol. The van der Waals surface area contributed by atoms with E-state index in [1.807, 2.05) is 18.2 Å². The normalized spacial score (nSPS) is 13.5. The molecular formula is C27H24FN5O3S. The Bertz CT molecular complexity index is 1490. The van der Waals surface area contributed by atoms with Crippen LogP contribution < -0.4 is 15.9 Å². The Morgan fingerprint density at radius 1 is 0.892 bits per heavy atom. The van der Waals surface area contributed by atoms with Gasteiger partial charge in [0.25, 0.3) is 11.5 Å². The molecule has 0 radical (unpaired) electrons. The molecule has 1 aromatic heterocycles. The lowest BCUT2D eigenvalue weighted by Gasteiger charge is -2.36. The molecule has 0 unspecified atom stereocenters. The number of thioether (sulfide) groups is 1. The Kier molecular flexibility index (Phi) is 7.18. The second-order valence-electron chi connectivity index (χ2n) is 8.49. The van der Waals surface area contributed by atoms with Crippen LogP contribution in [0.4, 0.5) is 10.1 Å². The van der Waals surface area contributed by atoms with Crippen LogP contribution in [0.5, 0.6) is 0 Å². The summed E-state index contributed by atoms with van der Waals surface area (Å²) in [6.07, 6.45) is 0. The van der Waals surface area contributed by atoms with E-state index in [4.69, 9.17) is 0 Å². The molecule has 0 bridgehead atoms. The number of nitrogens with zero attached hydrogens (tertiary/aromatic N) is 4. The summed E-state index contributed by atoms with van der Waals surface area (Å²) < 4.78 is 14.3. The molecule has 2 heterocycles. The van der Waals surface area contributed by atoms with E-state index in [0.717, 1.165) is 35.2 Å². The summed E-state index contributed by atoms with van der Waals surface area (Å²) in [7, 11) is 0. The molecule has 0 atom stereocenters. The molecule has 0 spiro atoms. The van der Waals surface area contributed by atoms with Crippen molar-refractivity contribution in [2.75, 3.05) is 42.3 Å². The van der Waals surface area contributed by atoms with Crippen molar-refractivity contribution in [2.24, 2.45) is 0 Å². The molecule has 4 aromatic rings. The van der Waals surface area contributed by atoms with Gasteiger partial charge in [0.1, 0.15) is 5.82 Å². The number of fused-ring (bicyclic) bond motifs is 1. The van der Waals surface area contributed by atoms with Crippen molar-refractivity contribution in [1.29, 1.82) is 0 Å². The molecule has 0 aliphatic carbocycles. The molecule has 0 saturated carbocycles. The number of hydrogen-bond acceptors (Lipinski definition) is 6. The van der Waals surface area contributed by atoms with Gasteiger partial charge in [0.15, 0.2) is 5.16 Å². The zero-order valence-electron chi connectivity index (χ0n) is 19.8. The summed E-state index contributed by atoms with van der Waals surface area (Å²) in [6.45, 7) is 2.64. The molecule has 10 heteroatoms. The van der Waals surface area contributed by atoms with Gasteiger partial charge >= 0.3 is 0 Å². The van der Waals surface area contributed by atoms with Crippen molar-refractivity contribution in [3.8, 4) is 0 Å². The average Bonchev–Trinajstić information content (AvgIpc) is 2.94. The lowest BCUT2D eigenvalue weighted by molar-refractivity contribution is -0.128. The standard InChI is InChI=1S/C27H24FN5O3S/c28-20-12-10-19(11-13-20)25(35)30-33-26(36)22-8-4-5-9-23(22)29-27(33)37-18-24(34)32-16-14-31(15-17-32)21-6-2-1-3-7-21/h1-13H,14-18H2,(H,30,35). The van der Waals surface area contributed by atoms with E-state index < -0.39 is 17.3 Å².